The van der Waals surface area contributed by atoms with Gasteiger partial charge in [0.2, 0.25) is 0 Å². The Kier molecular flexibility index (Phi) is 5.20. The Hall–Kier alpha value is -1.79. The maximum atomic E-state index is 12.2. The van der Waals surface area contributed by atoms with Gasteiger partial charge in [0, 0.05) is 19.6 Å². The van der Waals surface area contributed by atoms with Gasteiger partial charge in [0.05, 0.1) is 11.9 Å². The fourth-order valence-corrected chi connectivity index (χ4v) is 1.98. The van der Waals surface area contributed by atoms with Crippen molar-refractivity contribution in [2.45, 2.75) is 33.1 Å². The van der Waals surface area contributed by atoms with Crippen LogP contribution in [0.25, 0.3) is 10.9 Å². The van der Waals surface area contributed by atoms with Crippen LogP contribution in [0.3, 0.4) is 0 Å². The monoisotopic (exact) mass is 277 g/mol. The molecule has 0 atom stereocenters. The third-order valence-electron chi connectivity index (χ3n) is 2.91. The second kappa shape index (κ2) is 7.12. The summed E-state index contributed by atoms with van der Waals surface area (Å²) >= 11 is 0. The minimum atomic E-state index is -0.315. The molecule has 1 heterocycles. The van der Waals surface area contributed by atoms with Crippen LogP contribution in [0.5, 0.6) is 0 Å². The predicted octanol–water partition coefficient (Wildman–Crippen LogP) is 1.58. The van der Waals surface area contributed by atoms with Crippen molar-refractivity contribution in [1.29, 1.82) is 0 Å². The minimum Gasteiger partial charge on any atom is -0.353 e. The molecule has 0 bridgehead atoms. The van der Waals surface area contributed by atoms with Crippen LogP contribution in [-0.4, -0.2) is 34.5 Å². The number of aromatic nitrogens is 3. The van der Waals surface area contributed by atoms with E-state index in [1.807, 2.05) is 26.0 Å². The Morgan fingerprint density at radius 1 is 1.20 bits per heavy atom. The molecule has 0 saturated heterocycles. The van der Waals surface area contributed by atoms with Crippen LogP contribution in [0.4, 0.5) is 0 Å². The van der Waals surface area contributed by atoms with Crippen molar-refractivity contribution in [2.24, 2.45) is 0 Å². The molecule has 0 saturated carbocycles. The summed E-state index contributed by atoms with van der Waals surface area (Å²) < 4.78 is 12.2. The second-order valence-electron chi connectivity index (χ2n) is 4.26. The lowest BCUT2D eigenvalue weighted by Crippen LogP contribution is -2.28. The Bertz CT molecular complexity index is 606. The highest BCUT2D eigenvalue weighted by Crippen LogP contribution is 2.05. The van der Waals surface area contributed by atoms with Gasteiger partial charge >= 0.3 is 0 Å². The molecule has 0 spiro atoms. The summed E-state index contributed by atoms with van der Waals surface area (Å²) in [5.41, 5.74) is 0.474. The standard InChI is InChI=1S/C14H19N3O3/c1-3-19-13(20-4-2)9-10-17-14(18)11-7-5-6-8-12(11)15-16-17/h5-8,13H,3-4,9-10H2,1-2H3. The third kappa shape index (κ3) is 3.40. The summed E-state index contributed by atoms with van der Waals surface area (Å²) in [5, 5.41) is 8.56. The molecular formula is C14H19N3O3. The van der Waals surface area contributed by atoms with E-state index in [9.17, 15) is 4.79 Å². The van der Waals surface area contributed by atoms with E-state index in [0.29, 0.717) is 37.1 Å². The first-order valence-corrected chi connectivity index (χ1v) is 6.82. The number of nitrogens with zero attached hydrogens (tertiary/aromatic N) is 3. The Morgan fingerprint density at radius 2 is 1.90 bits per heavy atom. The molecule has 1 aromatic carbocycles. The molecule has 0 radical (unpaired) electrons. The summed E-state index contributed by atoms with van der Waals surface area (Å²) in [4.78, 5) is 12.2. The van der Waals surface area contributed by atoms with E-state index < -0.39 is 0 Å². The van der Waals surface area contributed by atoms with Crippen LogP contribution in [0, 0.1) is 0 Å². The van der Waals surface area contributed by atoms with Gasteiger partial charge in [0.25, 0.3) is 5.56 Å². The summed E-state index contributed by atoms with van der Waals surface area (Å²) in [6.07, 6.45) is 0.249. The lowest BCUT2D eigenvalue weighted by atomic mass is 10.2. The van der Waals surface area contributed by atoms with E-state index in [0.717, 1.165) is 0 Å². The van der Waals surface area contributed by atoms with Crippen molar-refractivity contribution in [3.8, 4) is 0 Å². The van der Waals surface area contributed by atoms with Crippen molar-refractivity contribution in [1.82, 2.24) is 15.0 Å². The number of benzene rings is 1. The van der Waals surface area contributed by atoms with E-state index in [2.05, 4.69) is 10.3 Å². The molecule has 0 aliphatic rings. The Labute approximate surface area is 117 Å². The number of ether oxygens (including phenoxy) is 2. The van der Waals surface area contributed by atoms with Crippen LogP contribution >= 0.6 is 0 Å². The number of aryl methyl sites for hydroxylation is 1. The number of fused-ring (bicyclic) bond motifs is 1. The SMILES string of the molecule is CCOC(CCn1nnc2ccccc2c1=O)OCC. The van der Waals surface area contributed by atoms with Crippen LogP contribution in [0.1, 0.15) is 20.3 Å². The molecule has 0 N–H and O–H groups in total. The van der Waals surface area contributed by atoms with Gasteiger partial charge < -0.3 is 9.47 Å². The molecule has 0 amide bonds. The first-order valence-electron chi connectivity index (χ1n) is 6.82. The number of hydrogen-bond acceptors (Lipinski definition) is 5. The van der Waals surface area contributed by atoms with Gasteiger partial charge in [-0.05, 0) is 26.0 Å². The van der Waals surface area contributed by atoms with Crippen molar-refractivity contribution >= 4 is 10.9 Å². The molecule has 1 aromatic heterocycles. The first kappa shape index (κ1) is 14.6. The lowest BCUT2D eigenvalue weighted by Gasteiger charge is -2.16. The van der Waals surface area contributed by atoms with Gasteiger partial charge in [-0.25, -0.2) is 4.68 Å². The topological polar surface area (TPSA) is 66.2 Å². The molecular weight excluding hydrogens is 258 g/mol. The molecule has 20 heavy (non-hydrogen) atoms. The maximum Gasteiger partial charge on any atom is 0.277 e. The summed E-state index contributed by atoms with van der Waals surface area (Å²) in [7, 11) is 0. The zero-order chi connectivity index (χ0) is 14.4. The lowest BCUT2D eigenvalue weighted by molar-refractivity contribution is -0.141. The summed E-state index contributed by atoms with van der Waals surface area (Å²) in [5.74, 6) is 0. The van der Waals surface area contributed by atoms with Crippen molar-refractivity contribution < 1.29 is 9.47 Å². The molecule has 0 aliphatic carbocycles. The van der Waals surface area contributed by atoms with Crippen LogP contribution in [-0.2, 0) is 16.0 Å². The highest BCUT2D eigenvalue weighted by Gasteiger charge is 2.10. The van der Waals surface area contributed by atoms with E-state index >= 15 is 0 Å². The highest BCUT2D eigenvalue weighted by molar-refractivity contribution is 5.76. The van der Waals surface area contributed by atoms with Gasteiger partial charge in [-0.15, -0.1) is 5.10 Å². The average Bonchev–Trinajstić information content (AvgIpc) is 2.47. The van der Waals surface area contributed by atoms with Gasteiger partial charge in [0.15, 0.2) is 6.29 Å². The molecule has 108 valence electrons. The van der Waals surface area contributed by atoms with Crippen LogP contribution in [0.2, 0.25) is 0 Å². The van der Waals surface area contributed by atoms with E-state index in [4.69, 9.17) is 9.47 Å². The van der Waals surface area contributed by atoms with Gasteiger partial charge in [-0.2, -0.15) is 0 Å². The minimum absolute atomic E-state index is 0.137. The fourth-order valence-electron chi connectivity index (χ4n) is 1.98. The molecule has 0 aliphatic heterocycles. The quantitative estimate of drug-likeness (QED) is 0.719. The first-order chi connectivity index (χ1) is 9.76. The molecule has 6 heteroatoms. The summed E-state index contributed by atoms with van der Waals surface area (Å²) in [6.45, 7) is 5.38. The Morgan fingerprint density at radius 3 is 2.60 bits per heavy atom. The normalized spacial score (nSPS) is 11.3. The van der Waals surface area contributed by atoms with Crippen molar-refractivity contribution in [3.05, 3.63) is 34.6 Å². The molecule has 0 unspecified atom stereocenters. The zero-order valence-corrected chi connectivity index (χ0v) is 11.8. The second-order valence-corrected chi connectivity index (χ2v) is 4.26. The maximum absolute atomic E-state index is 12.2. The average molecular weight is 277 g/mol. The third-order valence-corrected chi connectivity index (χ3v) is 2.91. The molecule has 2 rings (SSSR count). The number of hydrogen-bond donors (Lipinski definition) is 0. The van der Waals surface area contributed by atoms with E-state index in [1.165, 1.54) is 4.68 Å². The summed E-state index contributed by atoms with van der Waals surface area (Å²) in [6, 6.07) is 7.18. The molecule has 6 nitrogen and oxygen atoms in total. The van der Waals surface area contributed by atoms with Crippen molar-refractivity contribution in [3.63, 3.8) is 0 Å². The number of rotatable bonds is 7. The van der Waals surface area contributed by atoms with E-state index in [1.54, 1.807) is 12.1 Å². The van der Waals surface area contributed by atoms with Gasteiger partial charge in [0.1, 0.15) is 5.52 Å². The van der Waals surface area contributed by atoms with Crippen LogP contribution in [0.15, 0.2) is 29.1 Å². The highest BCUT2D eigenvalue weighted by atomic mass is 16.7. The van der Waals surface area contributed by atoms with Crippen LogP contribution < -0.4 is 5.56 Å². The smallest absolute Gasteiger partial charge is 0.277 e. The molecule has 2 aromatic rings. The zero-order valence-electron chi connectivity index (χ0n) is 11.8. The Balaban J connectivity index is 2.13. The van der Waals surface area contributed by atoms with Gasteiger partial charge in [-0.1, -0.05) is 17.3 Å². The van der Waals surface area contributed by atoms with Gasteiger partial charge in [-0.3, -0.25) is 4.79 Å². The van der Waals surface area contributed by atoms with Crippen molar-refractivity contribution in [2.75, 3.05) is 13.2 Å². The van der Waals surface area contributed by atoms with E-state index in [-0.39, 0.29) is 11.8 Å². The largest absolute Gasteiger partial charge is 0.353 e. The molecule has 0 fully saturated rings. The predicted molar refractivity (Wildman–Crippen MR) is 75.5 cm³/mol. The fraction of sp³-hybridized carbons (Fsp3) is 0.500.